The molecule has 1 fully saturated rings. The summed E-state index contributed by atoms with van der Waals surface area (Å²) in [5.74, 6) is 1.03. The van der Waals surface area contributed by atoms with Gasteiger partial charge in [-0.1, -0.05) is 30.3 Å². The van der Waals surface area contributed by atoms with Gasteiger partial charge in [0, 0.05) is 0 Å². The summed E-state index contributed by atoms with van der Waals surface area (Å²) < 4.78 is 0. The lowest BCUT2D eigenvalue weighted by atomic mass is 9.95. The Hall–Kier alpha value is -2.41. The van der Waals surface area contributed by atoms with Crippen molar-refractivity contribution in [3.8, 4) is 6.07 Å². The fourth-order valence-electron chi connectivity index (χ4n) is 2.47. The second kappa shape index (κ2) is 4.06. The Morgan fingerprint density at radius 3 is 2.42 bits per heavy atom. The number of hydrogen-bond donors (Lipinski definition) is 1. The first-order valence-corrected chi connectivity index (χ1v) is 6.27. The Labute approximate surface area is 111 Å². The third-order valence-electron chi connectivity index (χ3n) is 3.73. The summed E-state index contributed by atoms with van der Waals surface area (Å²) in [6.07, 6.45) is 2.06. The molecule has 3 rings (SSSR count). The average Bonchev–Trinajstić information content (AvgIpc) is 3.21. The first kappa shape index (κ1) is 11.7. The average molecular weight is 250 g/mol. The minimum Gasteiger partial charge on any atom is -0.382 e. The highest BCUT2D eigenvalue weighted by molar-refractivity contribution is 5.52. The van der Waals surface area contributed by atoms with Crippen molar-refractivity contribution in [1.82, 2.24) is 9.97 Å². The molecule has 0 aliphatic heterocycles. The summed E-state index contributed by atoms with van der Waals surface area (Å²) in [6.45, 7) is 1.81. The molecule has 0 spiro atoms. The van der Waals surface area contributed by atoms with Crippen molar-refractivity contribution in [3.05, 3.63) is 53.0 Å². The summed E-state index contributed by atoms with van der Waals surface area (Å²) >= 11 is 0. The minimum atomic E-state index is -0.103. The SMILES string of the molecule is Cc1nc(C2(c3ccccc3)CC2)nc(N)c1C#N. The van der Waals surface area contributed by atoms with Crippen LogP contribution in [0.15, 0.2) is 30.3 Å². The van der Waals surface area contributed by atoms with E-state index in [9.17, 15) is 0 Å². The number of nitrogen functional groups attached to an aromatic ring is 1. The third-order valence-corrected chi connectivity index (χ3v) is 3.73. The lowest BCUT2D eigenvalue weighted by Crippen LogP contribution is -2.16. The van der Waals surface area contributed by atoms with Crippen LogP contribution in [0, 0.1) is 18.3 Å². The van der Waals surface area contributed by atoms with Crippen LogP contribution < -0.4 is 5.73 Å². The van der Waals surface area contributed by atoms with Crippen LogP contribution in [0.3, 0.4) is 0 Å². The van der Waals surface area contributed by atoms with Crippen molar-refractivity contribution >= 4 is 5.82 Å². The molecule has 94 valence electrons. The molecular weight excluding hydrogens is 236 g/mol. The lowest BCUT2D eigenvalue weighted by Gasteiger charge is -2.15. The van der Waals surface area contributed by atoms with Crippen LogP contribution in [0.25, 0.3) is 0 Å². The zero-order valence-electron chi connectivity index (χ0n) is 10.7. The van der Waals surface area contributed by atoms with E-state index < -0.39 is 0 Å². The standard InChI is InChI=1S/C15H14N4/c1-10-12(9-16)13(17)19-14(18-10)15(7-8-15)11-5-3-2-4-6-11/h2-6H,7-8H2,1H3,(H2,17,18,19). The van der Waals surface area contributed by atoms with Crippen LogP contribution >= 0.6 is 0 Å². The molecule has 0 saturated heterocycles. The number of nitrogens with two attached hydrogens (primary N) is 1. The zero-order chi connectivity index (χ0) is 13.5. The Kier molecular flexibility index (Phi) is 2.49. The van der Waals surface area contributed by atoms with Crippen molar-refractivity contribution in [2.24, 2.45) is 0 Å². The predicted molar refractivity (Wildman–Crippen MR) is 72.4 cm³/mol. The fourth-order valence-corrected chi connectivity index (χ4v) is 2.47. The predicted octanol–water partition coefficient (Wildman–Crippen LogP) is 2.32. The maximum atomic E-state index is 9.02. The van der Waals surface area contributed by atoms with E-state index in [4.69, 9.17) is 11.0 Å². The molecule has 0 bridgehead atoms. The van der Waals surface area contributed by atoms with Crippen molar-refractivity contribution in [2.75, 3.05) is 5.73 Å². The van der Waals surface area contributed by atoms with E-state index in [-0.39, 0.29) is 11.2 Å². The number of hydrogen-bond acceptors (Lipinski definition) is 4. The van der Waals surface area contributed by atoms with Gasteiger partial charge in [0.25, 0.3) is 0 Å². The van der Waals surface area contributed by atoms with Crippen LogP contribution in [0.2, 0.25) is 0 Å². The van der Waals surface area contributed by atoms with Crippen molar-refractivity contribution in [1.29, 1.82) is 5.26 Å². The van der Waals surface area contributed by atoms with Gasteiger partial charge in [-0.15, -0.1) is 0 Å². The number of rotatable bonds is 2. The summed E-state index contributed by atoms with van der Waals surface area (Å²) in [7, 11) is 0. The van der Waals surface area contributed by atoms with Crippen LogP contribution in [0.1, 0.15) is 35.5 Å². The molecule has 0 amide bonds. The van der Waals surface area contributed by atoms with Gasteiger partial charge in [0.1, 0.15) is 23.3 Å². The normalized spacial score (nSPS) is 15.8. The van der Waals surface area contributed by atoms with Crippen LogP contribution in [-0.4, -0.2) is 9.97 Å². The number of anilines is 1. The van der Waals surface area contributed by atoms with Gasteiger partial charge in [0.2, 0.25) is 0 Å². The molecule has 0 atom stereocenters. The smallest absolute Gasteiger partial charge is 0.145 e. The molecule has 2 N–H and O–H groups in total. The summed E-state index contributed by atoms with van der Waals surface area (Å²) in [5.41, 5.74) is 8.02. The first-order valence-electron chi connectivity index (χ1n) is 6.27. The number of nitriles is 1. The Morgan fingerprint density at radius 1 is 1.21 bits per heavy atom. The van der Waals surface area contributed by atoms with E-state index >= 15 is 0 Å². The molecule has 4 heteroatoms. The molecule has 19 heavy (non-hydrogen) atoms. The van der Waals surface area contributed by atoms with Gasteiger partial charge in [0.15, 0.2) is 0 Å². The summed E-state index contributed by atoms with van der Waals surface area (Å²) in [6, 6.07) is 12.3. The molecule has 1 heterocycles. The molecule has 2 aromatic rings. The second-order valence-corrected chi connectivity index (χ2v) is 4.95. The molecule has 1 saturated carbocycles. The molecule has 1 aliphatic rings. The van der Waals surface area contributed by atoms with E-state index in [0.29, 0.717) is 11.3 Å². The van der Waals surface area contributed by atoms with Crippen LogP contribution in [-0.2, 0) is 5.41 Å². The minimum absolute atomic E-state index is 0.103. The van der Waals surface area contributed by atoms with Crippen molar-refractivity contribution in [2.45, 2.75) is 25.2 Å². The highest BCUT2D eigenvalue weighted by Gasteiger charge is 2.48. The Morgan fingerprint density at radius 2 is 1.89 bits per heavy atom. The third kappa shape index (κ3) is 1.75. The highest BCUT2D eigenvalue weighted by Crippen LogP contribution is 2.52. The van der Waals surface area contributed by atoms with Gasteiger partial charge in [0.05, 0.1) is 11.1 Å². The quantitative estimate of drug-likeness (QED) is 0.887. The molecule has 1 aromatic carbocycles. The second-order valence-electron chi connectivity index (χ2n) is 4.95. The largest absolute Gasteiger partial charge is 0.382 e. The van der Waals surface area contributed by atoms with E-state index in [1.807, 2.05) is 18.2 Å². The van der Waals surface area contributed by atoms with Crippen LogP contribution in [0.5, 0.6) is 0 Å². The highest BCUT2D eigenvalue weighted by atomic mass is 15.0. The van der Waals surface area contributed by atoms with Crippen LogP contribution in [0.4, 0.5) is 5.82 Å². The van der Waals surface area contributed by atoms with Gasteiger partial charge < -0.3 is 5.73 Å². The van der Waals surface area contributed by atoms with Gasteiger partial charge in [-0.25, -0.2) is 9.97 Å². The van der Waals surface area contributed by atoms with Crippen molar-refractivity contribution in [3.63, 3.8) is 0 Å². The monoisotopic (exact) mass is 250 g/mol. The Balaban J connectivity index is 2.12. The number of nitrogens with zero attached hydrogens (tertiary/aromatic N) is 3. The lowest BCUT2D eigenvalue weighted by molar-refractivity contribution is 0.749. The zero-order valence-corrected chi connectivity index (χ0v) is 10.7. The van der Waals surface area contributed by atoms with Gasteiger partial charge in [-0.3, -0.25) is 0 Å². The van der Waals surface area contributed by atoms with E-state index in [1.54, 1.807) is 6.92 Å². The molecule has 1 aliphatic carbocycles. The van der Waals surface area contributed by atoms with Gasteiger partial charge in [-0.2, -0.15) is 5.26 Å². The van der Waals surface area contributed by atoms with E-state index in [1.165, 1.54) is 5.56 Å². The fraction of sp³-hybridized carbons (Fsp3) is 0.267. The maximum absolute atomic E-state index is 9.02. The maximum Gasteiger partial charge on any atom is 0.145 e. The first-order chi connectivity index (χ1) is 9.17. The molecular formula is C15H14N4. The molecule has 1 aromatic heterocycles. The van der Waals surface area contributed by atoms with Gasteiger partial charge in [-0.05, 0) is 25.3 Å². The molecule has 0 radical (unpaired) electrons. The van der Waals surface area contributed by atoms with E-state index in [0.717, 1.165) is 18.7 Å². The van der Waals surface area contributed by atoms with Crippen molar-refractivity contribution < 1.29 is 0 Å². The topological polar surface area (TPSA) is 75.6 Å². The Bertz CT molecular complexity index is 643. The number of aryl methyl sites for hydroxylation is 1. The van der Waals surface area contributed by atoms with E-state index in [2.05, 4.69) is 28.2 Å². The number of benzene rings is 1. The molecule has 4 nitrogen and oxygen atoms in total. The molecule has 0 unspecified atom stereocenters. The number of aromatic nitrogens is 2. The summed E-state index contributed by atoms with van der Waals surface area (Å²) in [4.78, 5) is 8.86. The summed E-state index contributed by atoms with van der Waals surface area (Å²) in [5, 5.41) is 9.02. The van der Waals surface area contributed by atoms with Gasteiger partial charge >= 0.3 is 0 Å².